The Hall–Kier alpha value is -1.06. The molecule has 17 heavy (non-hydrogen) atoms. The minimum Gasteiger partial charge on any atom is -0.481 e. The highest BCUT2D eigenvalue weighted by molar-refractivity contribution is 5.80. The van der Waals surface area contributed by atoms with Crippen molar-refractivity contribution in [3.8, 4) is 0 Å². The Morgan fingerprint density at radius 2 is 1.76 bits per heavy atom. The predicted octanol–water partition coefficient (Wildman–Crippen LogP) is 2.04. The SMILES string of the molecule is CC(C)C(C)NC(=O)C1CCCC(C(=O)O)C1. The Kier molecular flexibility index (Phi) is 4.97. The fraction of sp³-hybridized carbons (Fsp3) is 0.846. The van der Waals surface area contributed by atoms with E-state index in [1.165, 1.54) is 0 Å². The standard InChI is InChI=1S/C13H23NO3/c1-8(2)9(3)14-12(15)10-5-4-6-11(7-10)13(16)17/h8-11H,4-7H2,1-3H3,(H,14,15)(H,16,17). The van der Waals surface area contributed by atoms with Gasteiger partial charge in [-0.15, -0.1) is 0 Å². The van der Waals surface area contributed by atoms with E-state index in [9.17, 15) is 9.59 Å². The molecule has 3 unspecified atom stereocenters. The lowest BCUT2D eigenvalue weighted by molar-refractivity contribution is -0.144. The van der Waals surface area contributed by atoms with E-state index in [1.54, 1.807) is 0 Å². The average Bonchev–Trinajstić information content (AvgIpc) is 2.28. The van der Waals surface area contributed by atoms with Gasteiger partial charge in [-0.2, -0.15) is 0 Å². The summed E-state index contributed by atoms with van der Waals surface area (Å²) in [6, 6.07) is 0.146. The highest BCUT2D eigenvalue weighted by Gasteiger charge is 2.31. The zero-order chi connectivity index (χ0) is 13.0. The molecule has 4 heteroatoms. The summed E-state index contributed by atoms with van der Waals surface area (Å²) in [5.74, 6) is -0.797. The van der Waals surface area contributed by atoms with Gasteiger partial charge in [-0.1, -0.05) is 20.3 Å². The van der Waals surface area contributed by atoms with E-state index >= 15 is 0 Å². The maximum absolute atomic E-state index is 12.0. The summed E-state index contributed by atoms with van der Waals surface area (Å²) in [5, 5.41) is 12.0. The molecule has 1 aliphatic rings. The highest BCUT2D eigenvalue weighted by atomic mass is 16.4. The second kappa shape index (κ2) is 6.03. The average molecular weight is 241 g/mol. The summed E-state index contributed by atoms with van der Waals surface area (Å²) in [4.78, 5) is 22.9. The Morgan fingerprint density at radius 3 is 2.29 bits per heavy atom. The molecule has 0 saturated heterocycles. The van der Waals surface area contributed by atoms with Gasteiger partial charge in [0.25, 0.3) is 0 Å². The van der Waals surface area contributed by atoms with E-state index in [4.69, 9.17) is 5.11 Å². The Labute approximate surface area is 103 Å². The van der Waals surface area contributed by atoms with Crippen LogP contribution in [0.25, 0.3) is 0 Å². The molecule has 3 atom stereocenters. The molecular formula is C13H23NO3. The van der Waals surface area contributed by atoms with Crippen molar-refractivity contribution in [2.75, 3.05) is 0 Å². The topological polar surface area (TPSA) is 66.4 Å². The van der Waals surface area contributed by atoms with Crippen molar-refractivity contribution in [3.05, 3.63) is 0 Å². The molecule has 0 aromatic carbocycles. The minimum absolute atomic E-state index is 0.0251. The van der Waals surface area contributed by atoms with Crippen molar-refractivity contribution in [2.24, 2.45) is 17.8 Å². The number of hydrogen-bond donors (Lipinski definition) is 2. The lowest BCUT2D eigenvalue weighted by Gasteiger charge is -2.27. The number of carboxylic acids is 1. The van der Waals surface area contributed by atoms with Crippen LogP contribution in [0.15, 0.2) is 0 Å². The van der Waals surface area contributed by atoms with Gasteiger partial charge < -0.3 is 10.4 Å². The van der Waals surface area contributed by atoms with Crippen LogP contribution in [-0.2, 0) is 9.59 Å². The van der Waals surface area contributed by atoms with Crippen LogP contribution < -0.4 is 5.32 Å². The summed E-state index contributed by atoms with van der Waals surface area (Å²) in [6.07, 6.45) is 2.86. The third-order valence-corrected chi connectivity index (χ3v) is 3.76. The zero-order valence-electron chi connectivity index (χ0n) is 10.9. The fourth-order valence-electron chi connectivity index (χ4n) is 2.16. The van der Waals surface area contributed by atoms with Gasteiger partial charge in [0.15, 0.2) is 0 Å². The molecule has 1 amide bonds. The van der Waals surface area contributed by atoms with Crippen LogP contribution in [-0.4, -0.2) is 23.0 Å². The summed E-state index contributed by atoms with van der Waals surface area (Å²) in [7, 11) is 0. The van der Waals surface area contributed by atoms with Gasteiger partial charge in [0.05, 0.1) is 5.92 Å². The van der Waals surface area contributed by atoms with Crippen LogP contribution in [0.5, 0.6) is 0 Å². The molecule has 0 aromatic heterocycles. The van der Waals surface area contributed by atoms with Gasteiger partial charge in [0.1, 0.15) is 0 Å². The number of hydrogen-bond acceptors (Lipinski definition) is 2. The maximum atomic E-state index is 12.0. The summed E-state index contributed by atoms with van der Waals surface area (Å²) >= 11 is 0. The van der Waals surface area contributed by atoms with Crippen molar-refractivity contribution in [2.45, 2.75) is 52.5 Å². The van der Waals surface area contributed by atoms with Crippen LogP contribution >= 0.6 is 0 Å². The van der Waals surface area contributed by atoms with Gasteiger partial charge in [0, 0.05) is 12.0 Å². The maximum Gasteiger partial charge on any atom is 0.306 e. The van der Waals surface area contributed by atoms with Gasteiger partial charge in [-0.3, -0.25) is 9.59 Å². The highest BCUT2D eigenvalue weighted by Crippen LogP contribution is 2.29. The van der Waals surface area contributed by atoms with Crippen molar-refractivity contribution in [1.82, 2.24) is 5.32 Å². The molecule has 2 N–H and O–H groups in total. The molecule has 0 spiro atoms. The van der Waals surface area contributed by atoms with Gasteiger partial charge >= 0.3 is 5.97 Å². The Morgan fingerprint density at radius 1 is 1.18 bits per heavy atom. The van der Waals surface area contributed by atoms with E-state index in [-0.39, 0.29) is 23.8 Å². The molecular weight excluding hydrogens is 218 g/mol. The van der Waals surface area contributed by atoms with Gasteiger partial charge in [-0.25, -0.2) is 0 Å². The molecule has 1 fully saturated rings. The number of carbonyl (C=O) groups is 2. The number of carboxylic acid groups (broad SMARTS) is 1. The smallest absolute Gasteiger partial charge is 0.306 e. The molecule has 1 aliphatic carbocycles. The monoisotopic (exact) mass is 241 g/mol. The predicted molar refractivity (Wildman–Crippen MR) is 65.5 cm³/mol. The molecule has 4 nitrogen and oxygen atoms in total. The van der Waals surface area contributed by atoms with E-state index in [1.807, 2.05) is 6.92 Å². The molecule has 0 aliphatic heterocycles. The quantitative estimate of drug-likeness (QED) is 0.791. The number of aliphatic carboxylic acids is 1. The van der Waals surface area contributed by atoms with E-state index in [0.29, 0.717) is 18.8 Å². The fourth-order valence-corrected chi connectivity index (χ4v) is 2.16. The van der Waals surface area contributed by atoms with Crippen LogP contribution in [0.1, 0.15) is 46.5 Å². The van der Waals surface area contributed by atoms with Crippen molar-refractivity contribution >= 4 is 11.9 Å². The van der Waals surface area contributed by atoms with Crippen molar-refractivity contribution in [3.63, 3.8) is 0 Å². The van der Waals surface area contributed by atoms with Crippen molar-refractivity contribution in [1.29, 1.82) is 0 Å². The molecule has 0 radical (unpaired) electrons. The first-order valence-electron chi connectivity index (χ1n) is 6.45. The number of carbonyl (C=O) groups excluding carboxylic acids is 1. The second-order valence-electron chi connectivity index (χ2n) is 5.44. The van der Waals surface area contributed by atoms with Crippen LogP contribution in [0, 0.1) is 17.8 Å². The van der Waals surface area contributed by atoms with E-state index < -0.39 is 5.97 Å². The number of amides is 1. The first-order valence-corrected chi connectivity index (χ1v) is 6.45. The normalized spacial score (nSPS) is 26.6. The Bertz CT molecular complexity index is 288. The largest absolute Gasteiger partial charge is 0.481 e. The minimum atomic E-state index is -0.764. The Balaban J connectivity index is 2.49. The second-order valence-corrected chi connectivity index (χ2v) is 5.44. The zero-order valence-corrected chi connectivity index (χ0v) is 10.9. The van der Waals surface area contributed by atoms with Crippen molar-refractivity contribution < 1.29 is 14.7 Å². The third-order valence-electron chi connectivity index (χ3n) is 3.76. The first kappa shape index (κ1) is 14.0. The van der Waals surface area contributed by atoms with Crippen LogP contribution in [0.2, 0.25) is 0 Å². The molecule has 1 rings (SSSR count). The van der Waals surface area contributed by atoms with Crippen LogP contribution in [0.4, 0.5) is 0 Å². The van der Waals surface area contributed by atoms with Gasteiger partial charge in [0.2, 0.25) is 5.91 Å². The lowest BCUT2D eigenvalue weighted by Crippen LogP contribution is -2.41. The molecule has 1 saturated carbocycles. The number of nitrogens with one attached hydrogen (secondary N) is 1. The molecule has 0 bridgehead atoms. The number of rotatable bonds is 4. The summed E-state index contributed by atoms with van der Waals surface area (Å²) < 4.78 is 0. The van der Waals surface area contributed by atoms with Gasteiger partial charge in [-0.05, 0) is 32.1 Å². The lowest BCUT2D eigenvalue weighted by atomic mass is 9.81. The summed E-state index contributed by atoms with van der Waals surface area (Å²) in [5.41, 5.74) is 0. The van der Waals surface area contributed by atoms with E-state index in [2.05, 4.69) is 19.2 Å². The molecule has 0 heterocycles. The molecule has 0 aromatic rings. The first-order chi connectivity index (χ1) is 7.91. The van der Waals surface area contributed by atoms with E-state index in [0.717, 1.165) is 12.8 Å². The summed E-state index contributed by atoms with van der Waals surface area (Å²) in [6.45, 7) is 6.11. The van der Waals surface area contributed by atoms with Crippen LogP contribution in [0.3, 0.4) is 0 Å². The third kappa shape index (κ3) is 4.02. The molecule has 98 valence electrons.